The van der Waals surface area contributed by atoms with Gasteiger partial charge in [-0.3, -0.25) is 14.5 Å². The Morgan fingerprint density at radius 1 is 0.968 bits per heavy atom. The summed E-state index contributed by atoms with van der Waals surface area (Å²) in [5.74, 6) is 0.141. The quantitative estimate of drug-likeness (QED) is 0.684. The SMILES string of the molecule is COc1ccccc1C1=C(Nc2ccc(N3CCCC3)cc2)C(=O)N(CC(C)C)C1=O. The zero-order valence-electron chi connectivity index (χ0n) is 18.4. The minimum atomic E-state index is -0.303. The van der Waals surface area contributed by atoms with Gasteiger partial charge in [-0.15, -0.1) is 0 Å². The van der Waals surface area contributed by atoms with E-state index in [2.05, 4.69) is 22.3 Å². The largest absolute Gasteiger partial charge is 0.496 e. The summed E-state index contributed by atoms with van der Waals surface area (Å²) in [4.78, 5) is 30.2. The van der Waals surface area contributed by atoms with Gasteiger partial charge < -0.3 is 15.0 Å². The first kappa shape index (κ1) is 21.0. The van der Waals surface area contributed by atoms with Gasteiger partial charge in [0.1, 0.15) is 11.4 Å². The number of amides is 2. The molecule has 31 heavy (non-hydrogen) atoms. The van der Waals surface area contributed by atoms with E-state index in [1.165, 1.54) is 23.4 Å². The first-order valence-electron chi connectivity index (χ1n) is 10.9. The maximum atomic E-state index is 13.3. The number of hydrogen-bond donors (Lipinski definition) is 1. The number of nitrogens with zero attached hydrogens (tertiary/aromatic N) is 2. The van der Waals surface area contributed by atoms with Gasteiger partial charge in [0.15, 0.2) is 0 Å². The Bertz CT molecular complexity index is 1000. The molecule has 2 aliphatic heterocycles. The van der Waals surface area contributed by atoms with Crippen LogP contribution in [0.1, 0.15) is 32.3 Å². The molecule has 0 bridgehead atoms. The fourth-order valence-electron chi connectivity index (χ4n) is 4.20. The third-order valence-corrected chi connectivity index (χ3v) is 5.70. The molecule has 0 aromatic heterocycles. The monoisotopic (exact) mass is 419 g/mol. The summed E-state index contributed by atoms with van der Waals surface area (Å²) in [6.07, 6.45) is 2.44. The molecule has 4 rings (SSSR count). The highest BCUT2D eigenvalue weighted by Gasteiger charge is 2.40. The average molecular weight is 420 g/mol. The van der Waals surface area contributed by atoms with E-state index in [4.69, 9.17) is 4.74 Å². The molecule has 162 valence electrons. The van der Waals surface area contributed by atoms with E-state index in [1.807, 2.05) is 44.2 Å². The summed E-state index contributed by atoms with van der Waals surface area (Å²) >= 11 is 0. The van der Waals surface area contributed by atoms with Gasteiger partial charge >= 0.3 is 0 Å². The molecule has 1 N–H and O–H groups in total. The highest BCUT2D eigenvalue weighted by Crippen LogP contribution is 2.35. The van der Waals surface area contributed by atoms with Crippen molar-refractivity contribution < 1.29 is 14.3 Å². The highest BCUT2D eigenvalue weighted by atomic mass is 16.5. The minimum Gasteiger partial charge on any atom is -0.496 e. The van der Waals surface area contributed by atoms with Gasteiger partial charge in [-0.2, -0.15) is 0 Å². The molecule has 2 amide bonds. The van der Waals surface area contributed by atoms with Gasteiger partial charge in [-0.25, -0.2) is 0 Å². The van der Waals surface area contributed by atoms with Crippen LogP contribution in [0.4, 0.5) is 11.4 Å². The lowest BCUT2D eigenvalue weighted by molar-refractivity contribution is -0.137. The summed E-state index contributed by atoms with van der Waals surface area (Å²) in [6.45, 7) is 6.51. The van der Waals surface area contributed by atoms with Gasteiger partial charge in [0.2, 0.25) is 0 Å². The molecular formula is C25H29N3O3. The van der Waals surface area contributed by atoms with Crippen LogP contribution in [0.5, 0.6) is 5.75 Å². The molecule has 0 atom stereocenters. The van der Waals surface area contributed by atoms with Crippen molar-refractivity contribution >= 4 is 28.8 Å². The van der Waals surface area contributed by atoms with E-state index in [9.17, 15) is 9.59 Å². The highest BCUT2D eigenvalue weighted by molar-refractivity contribution is 6.37. The molecule has 0 radical (unpaired) electrons. The summed E-state index contributed by atoms with van der Waals surface area (Å²) in [7, 11) is 1.57. The number of benzene rings is 2. The molecule has 2 aliphatic rings. The second-order valence-corrected chi connectivity index (χ2v) is 8.43. The van der Waals surface area contributed by atoms with Gasteiger partial charge in [-0.1, -0.05) is 32.0 Å². The first-order valence-corrected chi connectivity index (χ1v) is 10.9. The predicted molar refractivity (Wildman–Crippen MR) is 123 cm³/mol. The normalized spacial score (nSPS) is 16.6. The van der Waals surface area contributed by atoms with E-state index >= 15 is 0 Å². The van der Waals surface area contributed by atoms with E-state index in [0.717, 1.165) is 18.8 Å². The van der Waals surface area contributed by atoms with Crippen molar-refractivity contribution in [1.29, 1.82) is 0 Å². The standard InChI is InChI=1S/C25H29N3O3/c1-17(2)16-28-24(29)22(20-8-4-5-9-21(20)31-3)23(25(28)30)26-18-10-12-19(13-11-18)27-14-6-7-15-27/h4-5,8-13,17,26H,6-7,14-16H2,1-3H3. The Labute approximate surface area is 183 Å². The Hall–Kier alpha value is -3.28. The molecule has 1 fully saturated rings. The van der Waals surface area contributed by atoms with Gasteiger partial charge in [0.05, 0.1) is 12.7 Å². The molecule has 1 saturated heterocycles. The summed E-state index contributed by atoms with van der Waals surface area (Å²) < 4.78 is 5.48. The number of anilines is 2. The zero-order valence-corrected chi connectivity index (χ0v) is 18.4. The van der Waals surface area contributed by atoms with Crippen LogP contribution in [0.3, 0.4) is 0 Å². The van der Waals surface area contributed by atoms with Crippen LogP contribution in [0, 0.1) is 5.92 Å². The molecule has 2 aromatic carbocycles. The maximum absolute atomic E-state index is 13.3. The number of rotatable bonds is 7. The number of carbonyl (C=O) groups excluding carboxylic acids is 2. The van der Waals surface area contributed by atoms with Crippen molar-refractivity contribution in [1.82, 2.24) is 4.90 Å². The molecular weight excluding hydrogens is 390 g/mol. The zero-order chi connectivity index (χ0) is 22.0. The van der Waals surface area contributed by atoms with Crippen LogP contribution >= 0.6 is 0 Å². The molecule has 2 heterocycles. The Balaban J connectivity index is 1.70. The second kappa shape index (κ2) is 8.84. The Kier molecular flexibility index (Phi) is 5.98. The molecule has 0 unspecified atom stereocenters. The lowest BCUT2D eigenvalue weighted by Crippen LogP contribution is -2.35. The van der Waals surface area contributed by atoms with Gasteiger partial charge in [0.25, 0.3) is 11.8 Å². The Morgan fingerprint density at radius 3 is 2.29 bits per heavy atom. The number of para-hydroxylation sites is 1. The van der Waals surface area contributed by atoms with Crippen molar-refractivity contribution in [2.45, 2.75) is 26.7 Å². The smallest absolute Gasteiger partial charge is 0.278 e. The van der Waals surface area contributed by atoms with Crippen molar-refractivity contribution in [2.24, 2.45) is 5.92 Å². The van der Waals surface area contributed by atoms with E-state index in [0.29, 0.717) is 29.1 Å². The Morgan fingerprint density at radius 2 is 1.65 bits per heavy atom. The van der Waals surface area contributed by atoms with Crippen molar-refractivity contribution in [3.05, 3.63) is 59.8 Å². The number of methoxy groups -OCH3 is 1. The maximum Gasteiger partial charge on any atom is 0.278 e. The number of carbonyl (C=O) groups is 2. The fraction of sp³-hybridized carbons (Fsp3) is 0.360. The van der Waals surface area contributed by atoms with Crippen LogP contribution < -0.4 is 15.0 Å². The second-order valence-electron chi connectivity index (χ2n) is 8.43. The van der Waals surface area contributed by atoms with Crippen LogP contribution in [-0.4, -0.2) is 43.5 Å². The molecule has 0 saturated carbocycles. The summed E-state index contributed by atoms with van der Waals surface area (Å²) in [6, 6.07) is 15.3. The minimum absolute atomic E-state index is 0.172. The number of ether oxygens (including phenoxy) is 1. The lowest BCUT2D eigenvalue weighted by Gasteiger charge is -2.18. The average Bonchev–Trinajstić information content (AvgIpc) is 3.38. The number of hydrogen-bond acceptors (Lipinski definition) is 5. The third-order valence-electron chi connectivity index (χ3n) is 5.70. The van der Waals surface area contributed by atoms with E-state index in [1.54, 1.807) is 13.2 Å². The van der Waals surface area contributed by atoms with Gasteiger partial charge in [0, 0.05) is 36.6 Å². The molecule has 6 heteroatoms. The first-order chi connectivity index (χ1) is 15.0. The number of imide groups is 1. The number of nitrogens with one attached hydrogen (secondary N) is 1. The van der Waals surface area contributed by atoms with Crippen LogP contribution in [0.25, 0.3) is 5.57 Å². The third kappa shape index (κ3) is 4.15. The fourth-order valence-corrected chi connectivity index (χ4v) is 4.20. The van der Waals surface area contributed by atoms with Crippen molar-refractivity contribution in [3.63, 3.8) is 0 Å². The predicted octanol–water partition coefficient (Wildman–Crippen LogP) is 4.14. The lowest BCUT2D eigenvalue weighted by atomic mass is 10.0. The van der Waals surface area contributed by atoms with E-state index in [-0.39, 0.29) is 17.7 Å². The van der Waals surface area contributed by atoms with Crippen LogP contribution in [0.15, 0.2) is 54.2 Å². The van der Waals surface area contributed by atoms with Crippen molar-refractivity contribution in [2.75, 3.05) is 37.0 Å². The topological polar surface area (TPSA) is 61.9 Å². The molecule has 2 aromatic rings. The van der Waals surface area contributed by atoms with Crippen LogP contribution in [-0.2, 0) is 9.59 Å². The summed E-state index contributed by atoms with van der Waals surface area (Å²) in [5.41, 5.74) is 3.22. The van der Waals surface area contributed by atoms with Crippen LogP contribution in [0.2, 0.25) is 0 Å². The molecule has 6 nitrogen and oxygen atoms in total. The van der Waals surface area contributed by atoms with Gasteiger partial charge in [-0.05, 0) is 49.1 Å². The van der Waals surface area contributed by atoms with Crippen molar-refractivity contribution in [3.8, 4) is 5.75 Å². The van der Waals surface area contributed by atoms with E-state index < -0.39 is 0 Å². The summed E-state index contributed by atoms with van der Waals surface area (Å²) in [5, 5.41) is 3.24. The molecule has 0 aliphatic carbocycles. The molecule has 0 spiro atoms.